The second-order valence-corrected chi connectivity index (χ2v) is 12.3. The second-order valence-electron chi connectivity index (χ2n) is 12.3. The van der Waals surface area contributed by atoms with Crippen molar-refractivity contribution in [3.8, 4) is 16.9 Å². The van der Waals surface area contributed by atoms with Crippen molar-refractivity contribution in [2.24, 2.45) is 10.9 Å². The van der Waals surface area contributed by atoms with Crippen LogP contribution in [0, 0.1) is 5.92 Å². The molecule has 4 nitrogen and oxygen atoms in total. The zero-order chi connectivity index (χ0) is 26.8. The minimum atomic E-state index is -0.699. The van der Waals surface area contributed by atoms with Gasteiger partial charge in [0.25, 0.3) is 0 Å². The average Bonchev–Trinajstić information content (AvgIpc) is 3.55. The summed E-state index contributed by atoms with van der Waals surface area (Å²) in [6.07, 6.45) is 4.65. The van der Waals surface area contributed by atoms with Gasteiger partial charge in [0.1, 0.15) is 5.69 Å². The maximum Gasteiger partial charge on any atom is 0.228 e. The third-order valence-electron chi connectivity index (χ3n) is 8.97. The lowest BCUT2D eigenvalue weighted by Gasteiger charge is -2.47. The minimum Gasteiger partial charge on any atom is -0.459 e. The van der Waals surface area contributed by atoms with Gasteiger partial charge in [-0.15, -0.1) is 0 Å². The molecule has 198 valence electrons. The van der Waals surface area contributed by atoms with Crippen molar-refractivity contribution in [1.29, 1.82) is 0 Å². The molecule has 0 N–H and O–H groups in total. The van der Waals surface area contributed by atoms with Crippen LogP contribution in [0.15, 0.2) is 83.9 Å². The molecule has 4 heteroatoms. The lowest BCUT2D eigenvalue weighted by Crippen LogP contribution is -2.62. The van der Waals surface area contributed by atoms with Gasteiger partial charge in [0.15, 0.2) is 5.75 Å². The highest BCUT2D eigenvalue weighted by atomic mass is 16.5. The number of hydrogen-bond donors (Lipinski definition) is 0. The van der Waals surface area contributed by atoms with Crippen molar-refractivity contribution in [2.75, 3.05) is 29.4 Å². The van der Waals surface area contributed by atoms with E-state index in [1.807, 2.05) is 0 Å². The van der Waals surface area contributed by atoms with E-state index >= 15 is 0 Å². The van der Waals surface area contributed by atoms with Crippen molar-refractivity contribution in [1.82, 2.24) is 0 Å². The fraction of sp³-hybridized carbons (Fsp3) is 0.343. The number of hydrogen-bond acceptors (Lipinski definition) is 4. The van der Waals surface area contributed by atoms with Gasteiger partial charge in [0.05, 0.1) is 11.6 Å². The number of para-hydroxylation sites is 1. The summed E-state index contributed by atoms with van der Waals surface area (Å²) in [4.78, 5) is 10.1. The number of fused-ring (bicyclic) bond motifs is 4. The molecule has 3 aliphatic heterocycles. The largest absolute Gasteiger partial charge is 0.459 e. The Morgan fingerprint density at radius 1 is 0.872 bits per heavy atom. The standard InChI is InChI=1S/C35H37N3O/c1-24(2)22-38-32-14-8-7-13-30(32)34(3,4)35(38)23-36-31-21-29(27-11-5-6-12-28(27)33(31)39-35)25-15-17-26(18-16-25)37-19-9-10-20-37/h5-8,11-18,21,23-24H,9-10,19-20,22H2,1-4H3. The van der Waals surface area contributed by atoms with Crippen LogP contribution in [-0.4, -0.2) is 31.6 Å². The molecule has 0 bridgehead atoms. The van der Waals surface area contributed by atoms with Crippen LogP contribution < -0.4 is 14.5 Å². The number of benzene rings is 4. The second kappa shape index (κ2) is 8.87. The molecule has 0 aromatic heterocycles. The normalized spacial score (nSPS) is 21.1. The summed E-state index contributed by atoms with van der Waals surface area (Å²) in [5.41, 5.74) is 6.18. The third-order valence-corrected chi connectivity index (χ3v) is 8.97. The molecule has 7 rings (SSSR count). The van der Waals surface area contributed by atoms with Crippen molar-refractivity contribution in [3.63, 3.8) is 0 Å². The number of rotatable bonds is 4. The van der Waals surface area contributed by atoms with E-state index in [0.29, 0.717) is 5.92 Å². The van der Waals surface area contributed by atoms with E-state index in [1.54, 1.807) is 0 Å². The summed E-state index contributed by atoms with van der Waals surface area (Å²) in [7, 11) is 0. The van der Waals surface area contributed by atoms with E-state index in [-0.39, 0.29) is 5.41 Å². The van der Waals surface area contributed by atoms with Crippen LogP contribution in [0.25, 0.3) is 21.9 Å². The van der Waals surface area contributed by atoms with E-state index in [9.17, 15) is 0 Å². The molecule has 4 aromatic carbocycles. The number of aliphatic imine (C=N–C) groups is 1. The molecule has 1 unspecified atom stereocenters. The fourth-order valence-corrected chi connectivity index (χ4v) is 6.90. The number of ether oxygens (including phenoxy) is 1. The van der Waals surface area contributed by atoms with E-state index in [2.05, 4.69) is 123 Å². The molecule has 3 aliphatic rings. The summed E-state index contributed by atoms with van der Waals surface area (Å²) >= 11 is 0. The Bertz CT molecular complexity index is 1580. The first-order valence-electron chi connectivity index (χ1n) is 14.4. The summed E-state index contributed by atoms with van der Waals surface area (Å²) in [6, 6.07) is 28.7. The molecule has 0 aliphatic carbocycles. The first-order valence-corrected chi connectivity index (χ1v) is 14.4. The molecule has 0 amide bonds. The Kier molecular flexibility index (Phi) is 5.52. The van der Waals surface area contributed by atoms with Gasteiger partial charge in [0.2, 0.25) is 5.72 Å². The number of anilines is 2. The first kappa shape index (κ1) is 24.3. The monoisotopic (exact) mass is 515 g/mol. The highest BCUT2D eigenvalue weighted by molar-refractivity contribution is 6.05. The number of nitrogens with zero attached hydrogens (tertiary/aromatic N) is 3. The molecule has 3 heterocycles. The fourth-order valence-electron chi connectivity index (χ4n) is 6.90. The van der Waals surface area contributed by atoms with Crippen molar-refractivity contribution in [2.45, 2.75) is 51.7 Å². The van der Waals surface area contributed by atoms with Crippen LogP contribution in [0.4, 0.5) is 17.1 Å². The van der Waals surface area contributed by atoms with Crippen molar-refractivity contribution in [3.05, 3.63) is 84.4 Å². The topological polar surface area (TPSA) is 28.1 Å². The minimum absolute atomic E-state index is 0.287. The van der Waals surface area contributed by atoms with Crippen molar-refractivity contribution >= 4 is 34.0 Å². The Morgan fingerprint density at radius 2 is 1.56 bits per heavy atom. The van der Waals surface area contributed by atoms with Gasteiger partial charge in [-0.2, -0.15) is 0 Å². The highest BCUT2D eigenvalue weighted by Gasteiger charge is 2.59. The van der Waals surface area contributed by atoms with Gasteiger partial charge in [0, 0.05) is 36.4 Å². The Morgan fingerprint density at radius 3 is 2.31 bits per heavy atom. The van der Waals surface area contributed by atoms with Crippen LogP contribution in [0.5, 0.6) is 5.75 Å². The summed E-state index contributed by atoms with van der Waals surface area (Å²) in [5, 5.41) is 2.31. The molecule has 1 saturated heterocycles. The summed E-state index contributed by atoms with van der Waals surface area (Å²) in [5.74, 6) is 1.35. The zero-order valence-electron chi connectivity index (χ0n) is 23.4. The maximum absolute atomic E-state index is 7.25. The van der Waals surface area contributed by atoms with E-state index in [0.717, 1.165) is 36.5 Å². The van der Waals surface area contributed by atoms with Gasteiger partial charge in [-0.1, -0.05) is 68.4 Å². The predicted molar refractivity (Wildman–Crippen MR) is 164 cm³/mol. The lowest BCUT2D eigenvalue weighted by molar-refractivity contribution is 0.0772. The lowest BCUT2D eigenvalue weighted by atomic mass is 9.77. The van der Waals surface area contributed by atoms with Gasteiger partial charge in [-0.05, 0) is 78.9 Å². The van der Waals surface area contributed by atoms with E-state index in [1.165, 1.54) is 46.3 Å². The molecule has 1 spiro atoms. The van der Waals surface area contributed by atoms with Gasteiger partial charge >= 0.3 is 0 Å². The molecule has 4 aromatic rings. The maximum atomic E-state index is 7.25. The average molecular weight is 516 g/mol. The van der Waals surface area contributed by atoms with Gasteiger partial charge < -0.3 is 14.5 Å². The predicted octanol–water partition coefficient (Wildman–Crippen LogP) is 8.35. The molecule has 1 atom stereocenters. The van der Waals surface area contributed by atoms with Crippen LogP contribution in [0.3, 0.4) is 0 Å². The van der Waals surface area contributed by atoms with Crippen LogP contribution >= 0.6 is 0 Å². The van der Waals surface area contributed by atoms with Gasteiger partial charge in [-0.25, -0.2) is 0 Å². The summed E-state index contributed by atoms with van der Waals surface area (Å²) < 4.78 is 7.25. The Labute approximate surface area is 231 Å². The zero-order valence-corrected chi connectivity index (χ0v) is 23.4. The third kappa shape index (κ3) is 3.61. The van der Waals surface area contributed by atoms with Gasteiger partial charge in [-0.3, -0.25) is 4.99 Å². The quantitative estimate of drug-likeness (QED) is 0.273. The molecule has 39 heavy (non-hydrogen) atoms. The highest BCUT2D eigenvalue weighted by Crippen LogP contribution is 2.56. The first-order chi connectivity index (χ1) is 18.9. The molecular weight excluding hydrogens is 478 g/mol. The molecular formula is C35H37N3O. The van der Waals surface area contributed by atoms with Crippen LogP contribution in [0.1, 0.15) is 46.1 Å². The molecule has 1 fully saturated rings. The van der Waals surface area contributed by atoms with Crippen molar-refractivity contribution < 1.29 is 4.74 Å². The smallest absolute Gasteiger partial charge is 0.228 e. The summed E-state index contributed by atoms with van der Waals surface area (Å²) in [6.45, 7) is 12.3. The van der Waals surface area contributed by atoms with Crippen LogP contribution in [0.2, 0.25) is 0 Å². The Balaban J connectivity index is 1.36. The van der Waals surface area contributed by atoms with E-state index in [4.69, 9.17) is 9.73 Å². The SMILES string of the molecule is CC(C)CN1c2ccccc2C(C)(C)C12C=Nc1cc(-c3ccc(N4CCCC4)cc3)c3ccccc3c1O2. The Hall–Kier alpha value is -3.79. The van der Waals surface area contributed by atoms with E-state index < -0.39 is 5.72 Å². The molecule has 0 saturated carbocycles. The molecule has 0 radical (unpaired) electrons. The van der Waals surface area contributed by atoms with Crippen LogP contribution in [-0.2, 0) is 5.41 Å².